The number of aryl methyl sites for hydroxylation is 2. The van der Waals surface area contributed by atoms with Gasteiger partial charge in [-0.05, 0) is 25.0 Å². The van der Waals surface area contributed by atoms with Gasteiger partial charge in [-0.3, -0.25) is 9.78 Å². The number of amides is 1. The van der Waals surface area contributed by atoms with Gasteiger partial charge >= 0.3 is 0 Å². The van der Waals surface area contributed by atoms with Crippen LogP contribution in [0.1, 0.15) is 23.4 Å². The molecular weight excluding hydrogens is 294 g/mol. The van der Waals surface area contributed by atoms with Gasteiger partial charge in [0.2, 0.25) is 5.91 Å². The molecule has 23 heavy (non-hydrogen) atoms. The molecule has 1 saturated heterocycles. The van der Waals surface area contributed by atoms with Crippen LogP contribution in [0.25, 0.3) is 0 Å². The van der Waals surface area contributed by atoms with E-state index in [2.05, 4.69) is 15.5 Å². The summed E-state index contributed by atoms with van der Waals surface area (Å²) in [5.41, 5.74) is 1.94. The molecule has 0 unspecified atom stereocenters. The lowest BCUT2D eigenvalue weighted by Crippen LogP contribution is -2.40. The minimum Gasteiger partial charge on any atom is -0.379 e. The van der Waals surface area contributed by atoms with Crippen molar-refractivity contribution < 1.29 is 14.1 Å². The third kappa shape index (κ3) is 4.39. The number of nitrogens with one attached hydrogen (secondary N) is 1. The number of aromatic nitrogens is 2. The van der Waals surface area contributed by atoms with Gasteiger partial charge in [0.1, 0.15) is 5.76 Å². The lowest BCUT2D eigenvalue weighted by Gasteiger charge is -2.18. The standard InChI is InChI=1S/C17H21N3O3/c1-12-7-15(23-20-12)8-14-10-22-11-16(14)19-17(21)5-4-13-3-2-6-18-9-13/h2-3,6-7,9,14,16H,4-5,8,10-11H2,1H3,(H,19,21)/t14-,16+/m1/s1. The Balaban J connectivity index is 1.49. The molecular formula is C17H21N3O3. The van der Waals surface area contributed by atoms with Crippen LogP contribution in [-0.4, -0.2) is 35.3 Å². The zero-order valence-corrected chi connectivity index (χ0v) is 13.2. The largest absolute Gasteiger partial charge is 0.379 e. The van der Waals surface area contributed by atoms with Crippen molar-refractivity contribution >= 4 is 5.91 Å². The quantitative estimate of drug-likeness (QED) is 0.877. The van der Waals surface area contributed by atoms with E-state index in [1.165, 1.54) is 0 Å². The van der Waals surface area contributed by atoms with Crippen LogP contribution in [0, 0.1) is 12.8 Å². The van der Waals surface area contributed by atoms with Gasteiger partial charge in [-0.1, -0.05) is 11.2 Å². The lowest BCUT2D eigenvalue weighted by atomic mass is 9.98. The number of hydrogen-bond acceptors (Lipinski definition) is 5. The maximum atomic E-state index is 12.2. The van der Waals surface area contributed by atoms with Gasteiger partial charge in [-0.2, -0.15) is 0 Å². The number of rotatable bonds is 6. The average Bonchev–Trinajstić information content (AvgIpc) is 3.16. The second-order valence-electron chi connectivity index (χ2n) is 5.97. The van der Waals surface area contributed by atoms with Crippen LogP contribution in [0.15, 0.2) is 35.1 Å². The van der Waals surface area contributed by atoms with Crippen LogP contribution in [0.4, 0.5) is 0 Å². The third-order valence-electron chi connectivity index (χ3n) is 4.05. The molecule has 1 amide bonds. The Morgan fingerprint density at radius 1 is 1.43 bits per heavy atom. The number of carbonyl (C=O) groups excluding carboxylic acids is 1. The predicted molar refractivity (Wildman–Crippen MR) is 83.7 cm³/mol. The van der Waals surface area contributed by atoms with E-state index in [0.29, 0.717) is 26.1 Å². The molecule has 1 N–H and O–H groups in total. The third-order valence-corrected chi connectivity index (χ3v) is 4.05. The molecule has 2 aromatic heterocycles. The Kier molecular flexibility index (Phi) is 5.02. The SMILES string of the molecule is Cc1cc(C[C@@H]2COC[C@@H]2NC(=O)CCc2cccnc2)on1. The summed E-state index contributed by atoms with van der Waals surface area (Å²) >= 11 is 0. The molecule has 6 nitrogen and oxygen atoms in total. The fourth-order valence-electron chi connectivity index (χ4n) is 2.81. The number of ether oxygens (including phenoxy) is 1. The van der Waals surface area contributed by atoms with Gasteiger partial charge in [-0.15, -0.1) is 0 Å². The predicted octanol–water partition coefficient (Wildman–Crippen LogP) is 1.68. The molecule has 3 rings (SSSR count). The van der Waals surface area contributed by atoms with E-state index in [-0.39, 0.29) is 17.9 Å². The molecule has 0 aliphatic carbocycles. The number of pyridine rings is 1. The average molecular weight is 315 g/mol. The van der Waals surface area contributed by atoms with Crippen LogP contribution >= 0.6 is 0 Å². The minimum absolute atomic E-state index is 0.0294. The van der Waals surface area contributed by atoms with E-state index in [0.717, 1.165) is 23.4 Å². The molecule has 3 heterocycles. The first kappa shape index (κ1) is 15.7. The zero-order valence-electron chi connectivity index (χ0n) is 13.2. The molecule has 0 radical (unpaired) electrons. The first-order valence-electron chi connectivity index (χ1n) is 7.89. The van der Waals surface area contributed by atoms with Crippen molar-refractivity contribution in [2.24, 2.45) is 5.92 Å². The summed E-state index contributed by atoms with van der Waals surface area (Å²) < 4.78 is 10.8. The smallest absolute Gasteiger partial charge is 0.220 e. The summed E-state index contributed by atoms with van der Waals surface area (Å²) in [5.74, 6) is 1.11. The molecule has 1 aliphatic rings. The van der Waals surface area contributed by atoms with E-state index in [9.17, 15) is 4.79 Å². The van der Waals surface area contributed by atoms with E-state index >= 15 is 0 Å². The van der Waals surface area contributed by atoms with Crippen LogP contribution < -0.4 is 5.32 Å². The maximum absolute atomic E-state index is 12.2. The summed E-state index contributed by atoms with van der Waals surface area (Å²) in [6, 6.07) is 5.82. The fourth-order valence-corrected chi connectivity index (χ4v) is 2.81. The highest BCUT2D eigenvalue weighted by molar-refractivity contribution is 5.76. The molecule has 122 valence electrons. The van der Waals surface area contributed by atoms with Gasteiger partial charge in [-0.25, -0.2) is 0 Å². The number of nitrogens with zero attached hydrogens (tertiary/aromatic N) is 2. The Bertz CT molecular complexity index is 642. The Morgan fingerprint density at radius 2 is 2.35 bits per heavy atom. The molecule has 2 atom stereocenters. The first-order valence-corrected chi connectivity index (χ1v) is 7.89. The van der Waals surface area contributed by atoms with Gasteiger partial charge in [0.05, 0.1) is 24.9 Å². The zero-order chi connectivity index (χ0) is 16.1. The van der Waals surface area contributed by atoms with Crippen LogP contribution in [-0.2, 0) is 22.4 Å². The van der Waals surface area contributed by atoms with Crippen molar-refractivity contribution in [1.29, 1.82) is 0 Å². The van der Waals surface area contributed by atoms with E-state index < -0.39 is 0 Å². The second kappa shape index (κ2) is 7.37. The summed E-state index contributed by atoms with van der Waals surface area (Å²) in [7, 11) is 0. The Labute approximate surface area is 135 Å². The van der Waals surface area contributed by atoms with E-state index in [1.807, 2.05) is 25.1 Å². The fraction of sp³-hybridized carbons (Fsp3) is 0.471. The topological polar surface area (TPSA) is 77.2 Å². The molecule has 6 heteroatoms. The van der Waals surface area contributed by atoms with Gasteiger partial charge in [0.15, 0.2) is 0 Å². The molecule has 0 bridgehead atoms. The lowest BCUT2D eigenvalue weighted by molar-refractivity contribution is -0.122. The van der Waals surface area contributed by atoms with E-state index in [1.54, 1.807) is 12.4 Å². The van der Waals surface area contributed by atoms with Crippen LogP contribution in [0.3, 0.4) is 0 Å². The maximum Gasteiger partial charge on any atom is 0.220 e. The van der Waals surface area contributed by atoms with Crippen molar-refractivity contribution in [3.05, 3.63) is 47.6 Å². The molecule has 1 aliphatic heterocycles. The summed E-state index contributed by atoms with van der Waals surface area (Å²) in [5, 5.41) is 6.98. The van der Waals surface area contributed by atoms with E-state index in [4.69, 9.17) is 9.26 Å². The summed E-state index contributed by atoms with van der Waals surface area (Å²) in [6.07, 6.45) is 5.40. The number of hydrogen-bond donors (Lipinski definition) is 1. The molecule has 2 aromatic rings. The van der Waals surface area contributed by atoms with Crippen molar-refractivity contribution in [1.82, 2.24) is 15.5 Å². The molecule has 0 aromatic carbocycles. The normalized spacial score (nSPS) is 20.6. The summed E-state index contributed by atoms with van der Waals surface area (Å²) in [4.78, 5) is 16.2. The minimum atomic E-state index is 0.0294. The summed E-state index contributed by atoms with van der Waals surface area (Å²) in [6.45, 7) is 3.08. The van der Waals surface area contributed by atoms with Gasteiger partial charge < -0.3 is 14.6 Å². The second-order valence-corrected chi connectivity index (χ2v) is 5.97. The van der Waals surface area contributed by atoms with Crippen molar-refractivity contribution in [3.8, 4) is 0 Å². The van der Waals surface area contributed by atoms with Crippen LogP contribution in [0.2, 0.25) is 0 Å². The Hall–Kier alpha value is -2.21. The molecule has 1 fully saturated rings. The molecule has 0 spiro atoms. The number of carbonyl (C=O) groups is 1. The van der Waals surface area contributed by atoms with Crippen molar-refractivity contribution in [2.45, 2.75) is 32.2 Å². The monoisotopic (exact) mass is 315 g/mol. The van der Waals surface area contributed by atoms with Crippen molar-refractivity contribution in [2.75, 3.05) is 13.2 Å². The van der Waals surface area contributed by atoms with Crippen LogP contribution in [0.5, 0.6) is 0 Å². The highest BCUT2D eigenvalue weighted by atomic mass is 16.5. The van der Waals surface area contributed by atoms with Gasteiger partial charge in [0.25, 0.3) is 0 Å². The molecule has 0 saturated carbocycles. The van der Waals surface area contributed by atoms with Crippen molar-refractivity contribution in [3.63, 3.8) is 0 Å². The highest BCUT2D eigenvalue weighted by Crippen LogP contribution is 2.20. The van der Waals surface area contributed by atoms with Gasteiger partial charge in [0, 0.05) is 37.2 Å². The highest BCUT2D eigenvalue weighted by Gasteiger charge is 2.30. The first-order chi connectivity index (χ1) is 11.2. The Morgan fingerprint density at radius 3 is 3.09 bits per heavy atom.